The van der Waals surface area contributed by atoms with Gasteiger partial charge in [0.1, 0.15) is 0 Å². The zero-order chi connectivity index (χ0) is 66.0. The summed E-state index contributed by atoms with van der Waals surface area (Å²) in [6, 6.07) is 49.2. The van der Waals surface area contributed by atoms with E-state index in [1.807, 2.05) is 72.4 Å². The maximum atomic E-state index is 11.3. The van der Waals surface area contributed by atoms with Gasteiger partial charge in [-0.05, 0) is 72.8 Å². The Labute approximate surface area is 599 Å². The van der Waals surface area contributed by atoms with E-state index in [2.05, 4.69) is 194 Å². The smallest absolute Gasteiger partial charge is 1.00 e. The molecule has 3 radical (unpaired) electrons. The maximum absolute atomic E-state index is 11.3. The number of hydrogen-bond donors (Lipinski definition) is 5. The van der Waals surface area contributed by atoms with Crippen LogP contribution in [0, 0.1) is 6.42 Å². The van der Waals surface area contributed by atoms with Crippen molar-refractivity contribution in [1.82, 2.24) is 19.9 Å². The number of benzene rings is 4. The van der Waals surface area contributed by atoms with Crippen LogP contribution in [0.1, 0.15) is 165 Å². The van der Waals surface area contributed by atoms with E-state index in [0.717, 1.165) is 33.9 Å². The van der Waals surface area contributed by atoms with Crippen molar-refractivity contribution >= 4 is 119 Å². The number of aromatic nitrogens is 4. The van der Waals surface area contributed by atoms with Gasteiger partial charge in [-0.2, -0.15) is 24.9 Å². The first-order chi connectivity index (χ1) is 41.5. The van der Waals surface area contributed by atoms with E-state index >= 15 is 0 Å². The van der Waals surface area contributed by atoms with E-state index < -0.39 is 27.6 Å². The van der Waals surface area contributed by atoms with Crippen molar-refractivity contribution in [1.29, 1.82) is 0 Å². The molecule has 0 aliphatic heterocycles. The zero-order valence-electron chi connectivity index (χ0n) is 57.9. The van der Waals surface area contributed by atoms with Crippen molar-refractivity contribution in [2.75, 3.05) is 37.2 Å². The third-order valence-electron chi connectivity index (χ3n) is 14.0. The minimum atomic E-state index is -2.58. The van der Waals surface area contributed by atoms with Gasteiger partial charge >= 0.3 is 30.8 Å². The Morgan fingerprint density at radius 2 is 0.837 bits per heavy atom. The van der Waals surface area contributed by atoms with Crippen molar-refractivity contribution in [2.45, 2.75) is 138 Å². The van der Waals surface area contributed by atoms with Crippen molar-refractivity contribution in [2.24, 2.45) is 0 Å². The minimum Gasteiger partial charge on any atom is -1.00 e. The van der Waals surface area contributed by atoms with Crippen molar-refractivity contribution in [3.05, 3.63) is 221 Å². The topological polar surface area (TPSA) is 238 Å². The van der Waals surface area contributed by atoms with E-state index in [1.54, 1.807) is 24.5 Å². The quantitative estimate of drug-likeness (QED) is 0.0237. The molecule has 4 heterocycles. The molecule has 92 heavy (non-hydrogen) atoms. The van der Waals surface area contributed by atoms with Crippen LogP contribution in [-0.2, 0) is 46.6 Å². The third-order valence-corrected chi connectivity index (χ3v) is 26.7. The average molecular weight is 1430 g/mol. The monoisotopic (exact) mass is 1430 g/mol. The van der Waals surface area contributed by atoms with Gasteiger partial charge in [0.05, 0.1) is 78.4 Å². The Morgan fingerprint density at radius 1 is 0.533 bits per heavy atom. The number of anilines is 4. The standard InChI is InChI=1S/C25H32N2OSi.C16H19ClSi.C10H14N2O2.C9H14N2O.C7H7ClN2O2.C3H7.B.BrH.Li.Zn.H/c1-19(2)24-23(26)20(16-17-27-24)18-28-29(25(3,4)5,21-12-8-6-9-13-21)22-14-10-7-11-15-22;1-16(2,3)18(17,14-10-6-4-7-11-14)15-12-8-5-9-13-15;1-6(2)9-8(11)7(4-5-12-9)10(13)14-3;1-6(2)9-8(10)7(5-12)3-4-11-9;1-12-7(11)4-2-3-10-6(8)5(4)9;1-3-2;;;;;/h6-17,19H,18,26H2,1-5H3;4-13H,1-3H3;4-6H,11H2,1-3H3;3-4,6,12H,5,10H2,1-2H3;2-3H,9H2,1H3;3H,1-2H3;;1H;;;/q;;;;;-1;;;+1;;-1. The number of carbonyl (C=O) groups is 2. The van der Waals surface area contributed by atoms with Gasteiger partial charge in [-0.15, -0.1) is 17.0 Å². The number of aliphatic hydroxyl groups excluding tert-OH is 1. The summed E-state index contributed by atoms with van der Waals surface area (Å²) in [5.41, 5.74) is 30.3. The number of pyridine rings is 4. The first-order valence-corrected chi connectivity index (χ1v) is 34.5. The van der Waals surface area contributed by atoms with E-state index in [1.165, 1.54) is 47.2 Å². The largest absolute Gasteiger partial charge is 1.00 e. The van der Waals surface area contributed by atoms with Gasteiger partial charge in [-0.3, -0.25) is 15.0 Å². The molecular formula is C70H95BBrCl2LiN8O6Si2Zn-. The van der Waals surface area contributed by atoms with Gasteiger partial charge in [0.25, 0.3) is 8.32 Å². The number of ether oxygens (including phenoxy) is 2. The van der Waals surface area contributed by atoms with Crippen LogP contribution in [0.5, 0.6) is 0 Å². The molecular weight excluding hydrogens is 1340 g/mol. The number of halogens is 3. The van der Waals surface area contributed by atoms with Gasteiger partial charge in [-0.1, -0.05) is 216 Å². The number of methoxy groups -OCH3 is 2. The minimum absolute atomic E-state index is 0. The Balaban J connectivity index is -0.00000111. The molecule has 0 saturated heterocycles. The van der Waals surface area contributed by atoms with Gasteiger partial charge in [0.15, 0.2) is 5.15 Å². The second-order valence-corrected chi connectivity index (χ2v) is 33.9. The fourth-order valence-electron chi connectivity index (χ4n) is 9.54. The Kier molecular flexibility index (Phi) is 40.9. The SMILES string of the molecule is Br.CC(C)(C)[Si](Cl)(c1ccccc1)c1ccccc1.CC(C)c1nccc(CO)c1N.CC(C)c1nccc(CO[Si](c2ccccc2)(c2ccccc2)C(C)(C)C)c1N.COC(=O)c1ccnc(C(C)C)c1N.COC(=O)c1ccnc(Cl)c1N.C[CH-]C.[B].[H-].[Li+].[Zn]. The molecule has 0 fully saturated rings. The van der Waals surface area contributed by atoms with E-state index in [9.17, 15) is 9.59 Å². The fraction of sp³-hybridized carbons (Fsp3) is 0.329. The van der Waals surface area contributed by atoms with Crippen LogP contribution in [0.25, 0.3) is 0 Å². The van der Waals surface area contributed by atoms with E-state index in [4.69, 9.17) is 55.1 Å². The molecule has 0 aliphatic carbocycles. The van der Waals surface area contributed by atoms with Gasteiger partial charge in [0, 0.05) is 63.8 Å². The molecule has 0 bridgehead atoms. The summed E-state index contributed by atoms with van der Waals surface area (Å²) in [5, 5.41) is 14.1. The molecule has 8 rings (SSSR count). The molecule has 14 nitrogen and oxygen atoms in total. The van der Waals surface area contributed by atoms with E-state index in [-0.39, 0.29) is 110 Å². The van der Waals surface area contributed by atoms with Crippen LogP contribution < -0.4 is 62.5 Å². The molecule has 4 aromatic carbocycles. The summed E-state index contributed by atoms with van der Waals surface area (Å²) in [5.74, 6) is -0.164. The molecule has 0 aliphatic rings. The molecule has 8 aromatic rings. The second-order valence-electron chi connectivity index (χ2n) is 23.5. The molecule has 0 atom stereocenters. The number of nitrogens with two attached hydrogens (primary N) is 4. The summed E-state index contributed by atoms with van der Waals surface area (Å²) in [4.78, 5) is 38.7. The van der Waals surface area contributed by atoms with Crippen LogP contribution in [-0.4, -0.2) is 75.3 Å². The summed E-state index contributed by atoms with van der Waals surface area (Å²) in [7, 11) is -2.20. The molecule has 22 heteroatoms. The number of rotatable bonds is 13. The van der Waals surface area contributed by atoms with Crippen LogP contribution in [0.3, 0.4) is 0 Å². The summed E-state index contributed by atoms with van der Waals surface area (Å²) < 4.78 is 16.1. The molecule has 4 aromatic heterocycles. The predicted molar refractivity (Wildman–Crippen MR) is 389 cm³/mol. The number of aliphatic hydroxyl groups is 1. The Morgan fingerprint density at radius 3 is 1.16 bits per heavy atom. The molecule has 0 saturated carbocycles. The van der Waals surface area contributed by atoms with Crippen LogP contribution >= 0.6 is 39.7 Å². The summed E-state index contributed by atoms with van der Waals surface area (Å²) >= 11 is 12.8. The summed E-state index contributed by atoms with van der Waals surface area (Å²) in [6.45, 7) is 30.3. The van der Waals surface area contributed by atoms with Crippen molar-refractivity contribution in [3.8, 4) is 0 Å². The van der Waals surface area contributed by atoms with Crippen LogP contribution in [0.2, 0.25) is 15.2 Å². The van der Waals surface area contributed by atoms with E-state index in [0.29, 0.717) is 29.5 Å². The number of carbonyl (C=O) groups excluding carboxylic acids is 2. The molecule has 487 valence electrons. The molecule has 9 N–H and O–H groups in total. The van der Waals surface area contributed by atoms with Gasteiger partial charge in [-0.25, -0.2) is 14.6 Å². The maximum Gasteiger partial charge on any atom is 1.00 e. The third kappa shape index (κ3) is 24.0. The first-order valence-electron chi connectivity index (χ1n) is 29.2. The Hall–Kier alpha value is -5.68. The Bertz CT molecular complexity index is 3350. The normalized spacial score (nSPS) is 10.7. The second kappa shape index (κ2) is 42.6. The number of hydrogen-bond acceptors (Lipinski definition) is 14. The molecule has 0 unspecified atom stereocenters. The fourth-order valence-corrected chi connectivity index (χ4v) is 18.3. The van der Waals surface area contributed by atoms with Crippen LogP contribution in [0.15, 0.2) is 170 Å². The van der Waals surface area contributed by atoms with Crippen molar-refractivity contribution < 1.29 is 68.4 Å². The van der Waals surface area contributed by atoms with Gasteiger partial charge in [0.2, 0.25) is 7.38 Å². The van der Waals surface area contributed by atoms with Gasteiger partial charge < -0.3 is 49.8 Å². The first kappa shape index (κ1) is 88.4. The summed E-state index contributed by atoms with van der Waals surface area (Å²) in [6.07, 6.45) is 8.48. The number of nitrogen functional groups attached to an aromatic ring is 4. The van der Waals surface area contributed by atoms with Crippen molar-refractivity contribution in [3.63, 3.8) is 0 Å². The van der Waals surface area contributed by atoms with Crippen LogP contribution in [0.4, 0.5) is 22.7 Å². The number of esters is 2. The predicted octanol–water partition coefficient (Wildman–Crippen LogP) is 11.1. The molecule has 0 amide bonds. The molecule has 0 spiro atoms. The zero-order valence-corrected chi connectivity index (χ0v) is 65.1. The number of nitrogens with zero attached hydrogens (tertiary/aromatic N) is 4. The average Bonchev–Trinajstić information content (AvgIpc) is 0.760.